The van der Waals surface area contributed by atoms with Crippen LogP contribution in [-0.4, -0.2) is 13.1 Å². The minimum Gasteiger partial charge on any atom is -1.00 e. The molecule has 0 bridgehead atoms. The first-order valence-corrected chi connectivity index (χ1v) is 8.20. The Labute approximate surface area is 138 Å². The topological polar surface area (TPSA) is 16.5 Å². The van der Waals surface area contributed by atoms with Gasteiger partial charge in [0.15, 0.2) is 0 Å². The third kappa shape index (κ3) is 2.86. The number of hydrogen-bond acceptors (Lipinski definition) is 1. The van der Waals surface area contributed by atoms with Crippen molar-refractivity contribution in [3.63, 3.8) is 0 Å². The maximum absolute atomic E-state index is 3.66. The van der Waals surface area contributed by atoms with Crippen molar-refractivity contribution in [2.75, 3.05) is 18.4 Å². The predicted molar refractivity (Wildman–Crippen MR) is 87.2 cm³/mol. The summed E-state index contributed by atoms with van der Waals surface area (Å²) >= 11 is 0. The van der Waals surface area contributed by atoms with E-state index in [1.807, 2.05) is 0 Å². The quantitative estimate of drug-likeness (QED) is 0.763. The van der Waals surface area contributed by atoms with Gasteiger partial charge in [0.1, 0.15) is 6.04 Å². The fourth-order valence-electron chi connectivity index (χ4n) is 3.93. The molecule has 22 heavy (non-hydrogen) atoms. The average molecular weight is 315 g/mol. The number of anilines is 2. The van der Waals surface area contributed by atoms with Crippen LogP contribution in [0.4, 0.5) is 11.4 Å². The van der Waals surface area contributed by atoms with E-state index in [1.165, 1.54) is 54.9 Å². The zero-order valence-electron chi connectivity index (χ0n) is 12.8. The van der Waals surface area contributed by atoms with Crippen molar-refractivity contribution in [3.05, 3.63) is 59.7 Å². The minimum absolute atomic E-state index is 0. The summed E-state index contributed by atoms with van der Waals surface area (Å²) in [6.45, 7) is 2.64. The molecule has 4 rings (SSSR count). The van der Waals surface area contributed by atoms with Gasteiger partial charge >= 0.3 is 0 Å². The molecule has 1 atom stereocenters. The molecule has 0 saturated carbocycles. The van der Waals surface area contributed by atoms with Crippen LogP contribution in [-0.2, 0) is 6.42 Å². The van der Waals surface area contributed by atoms with Crippen LogP contribution in [0, 0.1) is 0 Å². The van der Waals surface area contributed by atoms with Crippen molar-refractivity contribution in [1.82, 2.24) is 0 Å². The number of benzene rings is 2. The standard InChI is InChI=1S/C19H22N2.ClH/c1-6-12-21(13-7-1)19-14-15-8-2-4-10-17(15)20-18-11-5-3-9-16(18)19;/h2-5,8-11,19-20H,1,6-7,12-14H2;1H. The molecule has 2 N–H and O–H groups in total. The Bertz CT molecular complexity index is 635. The average Bonchev–Trinajstić information content (AvgIpc) is 2.72. The summed E-state index contributed by atoms with van der Waals surface area (Å²) in [7, 11) is 0. The van der Waals surface area contributed by atoms with Gasteiger partial charge in [0.25, 0.3) is 0 Å². The molecule has 1 unspecified atom stereocenters. The summed E-state index contributed by atoms with van der Waals surface area (Å²) in [5.41, 5.74) is 5.52. The van der Waals surface area contributed by atoms with Gasteiger partial charge in [0.2, 0.25) is 0 Å². The van der Waals surface area contributed by atoms with Crippen LogP contribution in [0.15, 0.2) is 48.5 Å². The molecule has 0 spiro atoms. The number of nitrogens with one attached hydrogen (secondary N) is 2. The highest BCUT2D eigenvalue weighted by molar-refractivity contribution is 5.68. The normalized spacial score (nSPS) is 20.8. The van der Waals surface area contributed by atoms with Gasteiger partial charge in [-0.1, -0.05) is 36.4 Å². The Kier molecular flexibility index (Phi) is 4.70. The largest absolute Gasteiger partial charge is 1.00 e. The number of piperidine rings is 1. The molecule has 0 aromatic heterocycles. The van der Waals surface area contributed by atoms with E-state index >= 15 is 0 Å². The van der Waals surface area contributed by atoms with Crippen LogP contribution in [0.25, 0.3) is 0 Å². The van der Waals surface area contributed by atoms with Gasteiger partial charge in [-0.05, 0) is 37.0 Å². The highest BCUT2D eigenvalue weighted by Gasteiger charge is 2.30. The first kappa shape index (κ1) is 15.4. The predicted octanol–water partition coefficient (Wildman–Crippen LogP) is 0.100. The number of para-hydroxylation sites is 2. The summed E-state index contributed by atoms with van der Waals surface area (Å²) in [5, 5.41) is 3.66. The van der Waals surface area contributed by atoms with Crippen molar-refractivity contribution >= 4 is 11.4 Å². The van der Waals surface area contributed by atoms with Crippen molar-refractivity contribution < 1.29 is 17.3 Å². The Morgan fingerprint density at radius 2 is 1.50 bits per heavy atom. The fourth-order valence-corrected chi connectivity index (χ4v) is 3.93. The number of halogens is 1. The van der Waals surface area contributed by atoms with Crippen LogP contribution >= 0.6 is 0 Å². The van der Waals surface area contributed by atoms with Gasteiger partial charge in [-0.25, -0.2) is 0 Å². The van der Waals surface area contributed by atoms with Gasteiger partial charge in [-0.2, -0.15) is 0 Å². The van der Waals surface area contributed by atoms with Crippen LogP contribution in [0.2, 0.25) is 0 Å². The Morgan fingerprint density at radius 1 is 0.818 bits per heavy atom. The molecule has 0 aliphatic carbocycles. The first-order chi connectivity index (χ1) is 10.4. The van der Waals surface area contributed by atoms with Crippen molar-refractivity contribution in [2.24, 2.45) is 0 Å². The minimum atomic E-state index is 0. The van der Waals surface area contributed by atoms with Gasteiger partial charge in [-0.15, -0.1) is 0 Å². The van der Waals surface area contributed by atoms with Crippen molar-refractivity contribution in [1.29, 1.82) is 0 Å². The Balaban J connectivity index is 0.00000144. The van der Waals surface area contributed by atoms with E-state index in [2.05, 4.69) is 53.8 Å². The second-order valence-electron chi connectivity index (χ2n) is 6.35. The first-order valence-electron chi connectivity index (χ1n) is 8.20. The molecular formula is C19H23ClN2. The zero-order valence-corrected chi connectivity index (χ0v) is 13.6. The highest BCUT2D eigenvalue weighted by Crippen LogP contribution is 2.33. The molecule has 116 valence electrons. The maximum Gasteiger partial charge on any atom is 0.119 e. The molecule has 1 saturated heterocycles. The van der Waals surface area contributed by atoms with E-state index in [0.717, 1.165) is 6.42 Å². The van der Waals surface area contributed by atoms with E-state index in [9.17, 15) is 0 Å². The SMILES string of the molecule is [Cl-].c1ccc2c(c1)CC([NH+]1CCCCC1)c1ccccc1N2. The number of likely N-dealkylation sites (tertiary alicyclic amines) is 1. The van der Waals surface area contributed by atoms with Gasteiger partial charge in [0.05, 0.1) is 13.1 Å². The highest BCUT2D eigenvalue weighted by atomic mass is 35.5. The molecule has 2 aliphatic heterocycles. The molecule has 2 aromatic rings. The van der Waals surface area contributed by atoms with Crippen molar-refractivity contribution in [2.45, 2.75) is 31.7 Å². The van der Waals surface area contributed by atoms with Gasteiger partial charge in [-0.3, -0.25) is 0 Å². The number of quaternary nitrogens is 1. The van der Waals surface area contributed by atoms with E-state index in [1.54, 1.807) is 4.90 Å². The van der Waals surface area contributed by atoms with E-state index in [0.29, 0.717) is 6.04 Å². The third-order valence-corrected chi connectivity index (χ3v) is 5.04. The number of hydrogen-bond donors (Lipinski definition) is 2. The monoisotopic (exact) mass is 314 g/mol. The van der Waals surface area contributed by atoms with Crippen LogP contribution in [0.5, 0.6) is 0 Å². The molecule has 2 aliphatic rings. The fraction of sp³-hybridized carbons (Fsp3) is 0.368. The molecular weight excluding hydrogens is 292 g/mol. The lowest BCUT2D eigenvalue weighted by Crippen LogP contribution is -3.13. The third-order valence-electron chi connectivity index (χ3n) is 5.04. The summed E-state index contributed by atoms with van der Waals surface area (Å²) in [5.74, 6) is 0. The molecule has 3 heteroatoms. The smallest absolute Gasteiger partial charge is 0.119 e. The van der Waals surface area contributed by atoms with Crippen LogP contribution < -0.4 is 22.6 Å². The molecule has 2 aromatic carbocycles. The molecule has 0 radical (unpaired) electrons. The lowest BCUT2D eigenvalue weighted by molar-refractivity contribution is -0.936. The summed E-state index contributed by atoms with van der Waals surface area (Å²) < 4.78 is 0. The van der Waals surface area contributed by atoms with Gasteiger partial charge < -0.3 is 22.6 Å². The van der Waals surface area contributed by atoms with E-state index < -0.39 is 0 Å². The lowest BCUT2D eigenvalue weighted by atomic mass is 9.95. The second kappa shape index (κ2) is 6.72. The van der Waals surface area contributed by atoms with E-state index in [4.69, 9.17) is 0 Å². The Morgan fingerprint density at radius 3 is 2.32 bits per heavy atom. The maximum atomic E-state index is 3.66. The Hall–Kier alpha value is -1.51. The van der Waals surface area contributed by atoms with Crippen LogP contribution in [0.1, 0.15) is 36.4 Å². The van der Waals surface area contributed by atoms with Crippen LogP contribution in [0.3, 0.4) is 0 Å². The van der Waals surface area contributed by atoms with Crippen molar-refractivity contribution in [3.8, 4) is 0 Å². The molecule has 1 fully saturated rings. The van der Waals surface area contributed by atoms with E-state index in [-0.39, 0.29) is 12.4 Å². The summed E-state index contributed by atoms with van der Waals surface area (Å²) in [6.07, 6.45) is 5.31. The molecule has 2 nitrogen and oxygen atoms in total. The lowest BCUT2D eigenvalue weighted by Gasteiger charge is -2.32. The molecule has 2 heterocycles. The second-order valence-corrected chi connectivity index (χ2v) is 6.35. The summed E-state index contributed by atoms with van der Waals surface area (Å²) in [4.78, 5) is 1.77. The van der Waals surface area contributed by atoms with Gasteiger partial charge in [0, 0.05) is 23.4 Å². The zero-order chi connectivity index (χ0) is 14.1. The number of fused-ring (bicyclic) bond motifs is 2. The number of rotatable bonds is 1. The summed E-state index contributed by atoms with van der Waals surface area (Å²) in [6, 6.07) is 18.3. The molecule has 0 amide bonds.